The topological polar surface area (TPSA) is 30.7 Å². The lowest BCUT2D eigenvalue weighted by atomic mass is 9.86. The highest BCUT2D eigenvalue weighted by molar-refractivity contribution is 5.75. The molecule has 3 aromatic carbocycles. The van der Waals surface area contributed by atoms with E-state index in [1.165, 1.54) is 11.1 Å². The number of hydrogen-bond donors (Lipinski definition) is 0. The third-order valence-electron chi connectivity index (χ3n) is 5.83. The highest BCUT2D eigenvalue weighted by Crippen LogP contribution is 2.31. The Morgan fingerprint density at radius 2 is 1.26 bits per heavy atom. The highest BCUT2D eigenvalue weighted by Gasteiger charge is 2.19. The van der Waals surface area contributed by atoms with E-state index in [9.17, 15) is 0 Å². The van der Waals surface area contributed by atoms with E-state index in [0.717, 1.165) is 34.0 Å². The smallest absolute Gasteiger partial charge is 0.168 e. The Morgan fingerprint density at radius 1 is 0.765 bits per heavy atom. The summed E-state index contributed by atoms with van der Waals surface area (Å²) in [5.41, 5.74) is 6.60. The number of nitrogens with zero attached hydrogens (tertiary/aromatic N) is 3. The van der Waals surface area contributed by atoms with Crippen LogP contribution in [0.4, 0.5) is 0 Å². The summed E-state index contributed by atoms with van der Waals surface area (Å²) in [6.07, 6.45) is 11.1. The average Bonchev–Trinajstić information content (AvgIpc) is 3.30. The first-order valence-electron chi connectivity index (χ1n) is 11.4. The fraction of sp³-hybridized carbons (Fsp3) is 0.161. The van der Waals surface area contributed by atoms with Crippen LogP contribution in [-0.2, 0) is 5.41 Å². The van der Waals surface area contributed by atoms with Crippen LogP contribution in [0.3, 0.4) is 0 Å². The molecule has 0 unspecified atom stereocenters. The number of benzene rings is 3. The normalized spacial score (nSPS) is 12.1. The number of hydrogen-bond acceptors (Lipinski definition) is 2. The van der Waals surface area contributed by atoms with E-state index in [2.05, 4.69) is 102 Å². The minimum absolute atomic E-state index is 0.0852. The molecule has 0 atom stereocenters. The second kappa shape index (κ2) is 9.77. The van der Waals surface area contributed by atoms with Crippen LogP contribution < -0.4 is 0 Å². The van der Waals surface area contributed by atoms with Gasteiger partial charge in [0.2, 0.25) is 0 Å². The first-order valence-corrected chi connectivity index (χ1v) is 11.4. The van der Waals surface area contributed by atoms with Crippen molar-refractivity contribution >= 4 is 5.70 Å². The Bertz CT molecular complexity index is 1360. The molecule has 0 saturated heterocycles. The Balaban J connectivity index is 1.82. The zero-order valence-corrected chi connectivity index (χ0v) is 20.2. The number of aromatic nitrogens is 3. The van der Waals surface area contributed by atoms with Gasteiger partial charge in [-0.3, -0.25) is 4.57 Å². The van der Waals surface area contributed by atoms with Crippen molar-refractivity contribution in [3.05, 3.63) is 103 Å². The molecule has 0 saturated carbocycles. The largest absolute Gasteiger partial charge is 0.275 e. The lowest BCUT2D eigenvalue weighted by molar-refractivity contribution is 0.590. The predicted molar refractivity (Wildman–Crippen MR) is 143 cm³/mol. The van der Waals surface area contributed by atoms with Gasteiger partial charge >= 0.3 is 0 Å². The molecular formula is C31H29N3. The van der Waals surface area contributed by atoms with Gasteiger partial charge in [0.15, 0.2) is 11.6 Å². The fourth-order valence-electron chi connectivity index (χ4n) is 3.90. The van der Waals surface area contributed by atoms with Gasteiger partial charge in [-0.05, 0) is 41.2 Å². The summed E-state index contributed by atoms with van der Waals surface area (Å²) in [6, 6.07) is 27.3. The van der Waals surface area contributed by atoms with Gasteiger partial charge < -0.3 is 0 Å². The van der Waals surface area contributed by atoms with Crippen molar-refractivity contribution in [3.63, 3.8) is 0 Å². The zero-order valence-electron chi connectivity index (χ0n) is 20.2. The van der Waals surface area contributed by atoms with Gasteiger partial charge in [-0.1, -0.05) is 112 Å². The van der Waals surface area contributed by atoms with E-state index in [4.69, 9.17) is 6.42 Å². The van der Waals surface area contributed by atoms with Crippen LogP contribution in [0.2, 0.25) is 0 Å². The predicted octanol–water partition coefficient (Wildman–Crippen LogP) is 7.63. The van der Waals surface area contributed by atoms with Crippen LogP contribution in [0.25, 0.3) is 39.6 Å². The molecule has 0 radical (unpaired) electrons. The second-order valence-electron chi connectivity index (χ2n) is 9.17. The molecule has 1 heterocycles. The van der Waals surface area contributed by atoms with E-state index in [-0.39, 0.29) is 5.41 Å². The molecule has 0 fully saturated rings. The van der Waals surface area contributed by atoms with Gasteiger partial charge in [-0.25, -0.2) is 0 Å². The monoisotopic (exact) mass is 443 g/mol. The first-order chi connectivity index (χ1) is 16.4. The molecule has 1 aromatic heterocycles. The molecule has 0 aliphatic carbocycles. The van der Waals surface area contributed by atoms with Crippen LogP contribution in [-0.4, -0.2) is 14.8 Å². The standard InChI is InChI=1S/C31H29N3/c1-6-8-14-28(7-2)34-29(25-17-15-24(16-18-25)23-12-10-9-11-13-23)32-33-30(34)26-19-21-27(22-20-26)31(3,4)5/h1,7-22H,2-5H3/b14-8-,28-7+. The Hall–Kier alpha value is -4.16. The van der Waals surface area contributed by atoms with E-state index in [0.29, 0.717) is 0 Å². The first kappa shape index (κ1) is 23.0. The molecule has 0 N–H and O–H groups in total. The molecule has 3 nitrogen and oxygen atoms in total. The second-order valence-corrected chi connectivity index (χ2v) is 9.17. The molecule has 0 aliphatic rings. The molecular weight excluding hydrogens is 414 g/mol. The highest BCUT2D eigenvalue weighted by atomic mass is 15.3. The maximum Gasteiger partial charge on any atom is 0.168 e. The van der Waals surface area contributed by atoms with Gasteiger partial charge in [0.05, 0.1) is 0 Å². The Labute approximate surface area is 202 Å². The number of rotatable bonds is 5. The fourth-order valence-corrected chi connectivity index (χ4v) is 3.90. The third-order valence-corrected chi connectivity index (χ3v) is 5.83. The molecule has 34 heavy (non-hydrogen) atoms. The van der Waals surface area contributed by atoms with Crippen molar-refractivity contribution in [2.45, 2.75) is 33.1 Å². The summed E-state index contributed by atoms with van der Waals surface area (Å²) in [6.45, 7) is 8.63. The SMILES string of the molecule is C#C/C=C\C(=C/C)n1c(-c2ccc(-c3ccccc3)cc2)nnc1-c1ccc(C(C)(C)C)cc1. The van der Waals surface area contributed by atoms with Crippen LogP contribution >= 0.6 is 0 Å². The lowest BCUT2D eigenvalue weighted by Crippen LogP contribution is -2.10. The van der Waals surface area contributed by atoms with E-state index >= 15 is 0 Å². The van der Waals surface area contributed by atoms with Crippen LogP contribution in [0.15, 0.2) is 97.1 Å². The van der Waals surface area contributed by atoms with Gasteiger partial charge in [0.1, 0.15) is 0 Å². The van der Waals surface area contributed by atoms with E-state index in [1.54, 1.807) is 6.08 Å². The van der Waals surface area contributed by atoms with Gasteiger partial charge in [0, 0.05) is 16.8 Å². The van der Waals surface area contributed by atoms with Gasteiger partial charge in [-0.2, -0.15) is 0 Å². The minimum atomic E-state index is 0.0852. The zero-order chi connectivity index (χ0) is 24.1. The molecule has 4 rings (SSSR count). The summed E-state index contributed by atoms with van der Waals surface area (Å²) in [7, 11) is 0. The summed E-state index contributed by atoms with van der Waals surface area (Å²) in [5.74, 6) is 4.13. The van der Waals surface area contributed by atoms with Crippen molar-refractivity contribution in [2.24, 2.45) is 0 Å². The van der Waals surface area contributed by atoms with Crippen molar-refractivity contribution in [3.8, 4) is 46.2 Å². The summed E-state index contributed by atoms with van der Waals surface area (Å²) in [4.78, 5) is 0. The minimum Gasteiger partial charge on any atom is -0.275 e. The molecule has 0 amide bonds. The van der Waals surface area contributed by atoms with Crippen LogP contribution in [0.5, 0.6) is 0 Å². The van der Waals surface area contributed by atoms with Gasteiger partial charge in [0.25, 0.3) is 0 Å². The van der Waals surface area contributed by atoms with Crippen molar-refractivity contribution in [2.75, 3.05) is 0 Å². The van der Waals surface area contributed by atoms with Gasteiger partial charge in [-0.15, -0.1) is 16.6 Å². The average molecular weight is 444 g/mol. The molecule has 3 heteroatoms. The maximum absolute atomic E-state index is 5.51. The quantitative estimate of drug-likeness (QED) is 0.234. The summed E-state index contributed by atoms with van der Waals surface area (Å²) >= 11 is 0. The van der Waals surface area contributed by atoms with Crippen LogP contribution in [0, 0.1) is 12.3 Å². The third kappa shape index (κ3) is 4.77. The van der Waals surface area contributed by atoms with E-state index in [1.807, 2.05) is 37.3 Å². The van der Waals surface area contributed by atoms with Crippen molar-refractivity contribution in [1.29, 1.82) is 0 Å². The molecule has 168 valence electrons. The van der Waals surface area contributed by atoms with E-state index < -0.39 is 0 Å². The maximum atomic E-state index is 5.51. The van der Waals surface area contributed by atoms with Crippen LogP contribution in [0.1, 0.15) is 33.3 Å². The summed E-state index contributed by atoms with van der Waals surface area (Å²) < 4.78 is 2.07. The Kier molecular flexibility index (Phi) is 6.61. The summed E-state index contributed by atoms with van der Waals surface area (Å²) in [5, 5.41) is 9.20. The van der Waals surface area contributed by atoms with Crippen molar-refractivity contribution < 1.29 is 0 Å². The lowest BCUT2D eigenvalue weighted by Gasteiger charge is -2.19. The molecule has 0 bridgehead atoms. The number of allylic oxidation sites excluding steroid dienone is 4. The Morgan fingerprint density at radius 3 is 1.76 bits per heavy atom. The number of terminal acetylenes is 1. The van der Waals surface area contributed by atoms with Crippen molar-refractivity contribution in [1.82, 2.24) is 14.8 Å². The molecule has 0 aliphatic heterocycles. The molecule has 4 aromatic rings. The molecule has 0 spiro atoms.